The molecule has 0 heterocycles. The molecule has 74 heavy (non-hydrogen) atoms. The number of carbonyl (C=O) groups is 3. The normalized spacial score (nSPS) is 13.3. The smallest absolute Gasteiger partial charge is 0.306 e. The topological polar surface area (TPSA) is 78.9 Å². The van der Waals surface area contributed by atoms with Crippen LogP contribution in [0.5, 0.6) is 0 Å². The SMILES string of the molecule is CC\C=C/C=C\C=C/C=C\C=C\C=C/C=C\CCCCCC(=O)OCC(COC(=O)CCCCCCCCCCCCCCCCCCCC)OC(=O)CC/C=C\C/C=C\C/C=C\C/C=C\C/C=C\C/C=C\CC. The molecule has 0 aromatic carbocycles. The van der Waals surface area contributed by atoms with Gasteiger partial charge < -0.3 is 14.2 Å². The van der Waals surface area contributed by atoms with Crippen molar-refractivity contribution in [3.8, 4) is 0 Å². The van der Waals surface area contributed by atoms with Crippen LogP contribution in [0, 0.1) is 0 Å². The Morgan fingerprint density at radius 3 is 1.01 bits per heavy atom. The molecular weight excluding hydrogens is 913 g/mol. The molecule has 0 rings (SSSR count). The second kappa shape index (κ2) is 60.6. The Balaban J connectivity index is 4.61. The van der Waals surface area contributed by atoms with Crippen molar-refractivity contribution in [2.24, 2.45) is 0 Å². The van der Waals surface area contributed by atoms with Gasteiger partial charge in [-0.2, -0.15) is 0 Å². The fourth-order valence-corrected chi connectivity index (χ4v) is 7.63. The van der Waals surface area contributed by atoms with Gasteiger partial charge in [0.2, 0.25) is 0 Å². The highest BCUT2D eigenvalue weighted by molar-refractivity contribution is 5.71. The highest BCUT2D eigenvalue weighted by Gasteiger charge is 2.19. The lowest BCUT2D eigenvalue weighted by Crippen LogP contribution is -2.30. The van der Waals surface area contributed by atoms with Crippen LogP contribution in [0.4, 0.5) is 0 Å². The largest absolute Gasteiger partial charge is 0.462 e. The van der Waals surface area contributed by atoms with Crippen LogP contribution in [0.1, 0.15) is 233 Å². The summed E-state index contributed by atoms with van der Waals surface area (Å²) >= 11 is 0. The molecule has 0 aliphatic carbocycles. The van der Waals surface area contributed by atoms with Crippen molar-refractivity contribution in [3.05, 3.63) is 158 Å². The molecule has 1 atom stereocenters. The molecule has 6 nitrogen and oxygen atoms in total. The van der Waals surface area contributed by atoms with Gasteiger partial charge in [0.1, 0.15) is 13.2 Å². The summed E-state index contributed by atoms with van der Waals surface area (Å²) in [5.41, 5.74) is 0. The zero-order valence-electron chi connectivity index (χ0n) is 47.3. The van der Waals surface area contributed by atoms with Gasteiger partial charge in [0, 0.05) is 19.3 Å². The van der Waals surface area contributed by atoms with E-state index in [0.29, 0.717) is 19.3 Å². The van der Waals surface area contributed by atoms with E-state index in [1.54, 1.807) is 0 Å². The number of unbranched alkanes of at least 4 members (excludes halogenated alkanes) is 20. The third-order valence-corrected chi connectivity index (χ3v) is 12.0. The summed E-state index contributed by atoms with van der Waals surface area (Å²) in [6, 6.07) is 0. The van der Waals surface area contributed by atoms with E-state index in [0.717, 1.165) is 83.5 Å². The third-order valence-electron chi connectivity index (χ3n) is 12.0. The molecule has 414 valence electrons. The summed E-state index contributed by atoms with van der Waals surface area (Å²) in [6.07, 6.45) is 88.1. The maximum absolute atomic E-state index is 12.8. The molecule has 0 aromatic heterocycles. The van der Waals surface area contributed by atoms with Crippen molar-refractivity contribution in [1.82, 2.24) is 0 Å². The lowest BCUT2D eigenvalue weighted by atomic mass is 10.0. The first-order valence-corrected chi connectivity index (χ1v) is 29.6. The molecule has 0 saturated carbocycles. The van der Waals surface area contributed by atoms with Crippen molar-refractivity contribution < 1.29 is 28.6 Å². The molecule has 0 bridgehead atoms. The Labute approximate surface area is 454 Å². The lowest BCUT2D eigenvalue weighted by molar-refractivity contribution is -0.166. The van der Waals surface area contributed by atoms with Crippen LogP contribution in [0.3, 0.4) is 0 Å². The Kier molecular flexibility index (Phi) is 56.5. The maximum Gasteiger partial charge on any atom is 0.306 e. The molecule has 6 heteroatoms. The van der Waals surface area contributed by atoms with E-state index in [1.165, 1.54) is 96.3 Å². The van der Waals surface area contributed by atoms with Crippen LogP contribution >= 0.6 is 0 Å². The first kappa shape index (κ1) is 69.0. The highest BCUT2D eigenvalue weighted by atomic mass is 16.6. The Morgan fingerprint density at radius 2 is 0.622 bits per heavy atom. The van der Waals surface area contributed by atoms with Crippen LogP contribution in [0.25, 0.3) is 0 Å². The van der Waals surface area contributed by atoms with Gasteiger partial charge in [0.25, 0.3) is 0 Å². The number of carbonyl (C=O) groups excluding carboxylic acids is 3. The Morgan fingerprint density at radius 1 is 0.297 bits per heavy atom. The van der Waals surface area contributed by atoms with Crippen LogP contribution < -0.4 is 0 Å². The number of esters is 3. The van der Waals surface area contributed by atoms with Crippen molar-refractivity contribution in [3.63, 3.8) is 0 Å². The lowest BCUT2D eigenvalue weighted by Gasteiger charge is -2.18. The fourth-order valence-electron chi connectivity index (χ4n) is 7.63. The summed E-state index contributed by atoms with van der Waals surface area (Å²) < 4.78 is 16.8. The van der Waals surface area contributed by atoms with E-state index in [-0.39, 0.29) is 38.0 Å². The second-order valence-electron chi connectivity index (χ2n) is 19.0. The maximum atomic E-state index is 12.8. The monoisotopic (exact) mass is 1020 g/mol. The standard InChI is InChI=1S/C68H106O6/c1-4-7-10-13-16-19-22-25-28-31-34-37-40-43-46-49-52-55-58-61-67(70)73-64-65(63-72-66(69)60-57-54-51-48-45-42-39-36-33-30-27-24-21-18-15-12-9-6-3)74-68(71)62-59-56-53-50-47-44-41-38-35-32-29-26-23-20-17-14-11-8-5-2/h7-8,10-11,13,16-17,19-20,22,25-26,28-29,31,34-35,37-38,40,43-44,46-47,53,56,65H,4-6,9,12,14-15,18,21,23-24,27,30,32-33,36,39,41-42,45,48-52,54-55,57-64H2,1-3H3/b10-7-,11-8-,16-13-,20-17-,22-19-,28-25-,29-26-,34-31+,38-35-,40-37-,46-43-,47-44-,56-53-. The third kappa shape index (κ3) is 57.9. The van der Waals surface area contributed by atoms with Gasteiger partial charge in [-0.1, -0.05) is 294 Å². The van der Waals surface area contributed by atoms with Gasteiger partial charge in [0.15, 0.2) is 6.10 Å². The number of allylic oxidation sites excluding steroid dienone is 26. The Hall–Kier alpha value is -4.97. The molecule has 0 aliphatic rings. The fraction of sp³-hybridized carbons (Fsp3) is 0.574. The summed E-state index contributed by atoms with van der Waals surface area (Å²) in [4.78, 5) is 38.2. The summed E-state index contributed by atoms with van der Waals surface area (Å²) in [6.45, 7) is 6.28. The molecule has 0 amide bonds. The number of hydrogen-bond acceptors (Lipinski definition) is 6. The summed E-state index contributed by atoms with van der Waals surface area (Å²) in [7, 11) is 0. The van der Waals surface area contributed by atoms with Crippen molar-refractivity contribution in [1.29, 1.82) is 0 Å². The Bertz CT molecular complexity index is 1690. The minimum atomic E-state index is -0.845. The molecule has 1 unspecified atom stereocenters. The molecule has 0 N–H and O–H groups in total. The molecule has 0 fully saturated rings. The molecule has 0 spiro atoms. The zero-order chi connectivity index (χ0) is 53.6. The van der Waals surface area contributed by atoms with E-state index in [9.17, 15) is 14.4 Å². The minimum absolute atomic E-state index is 0.128. The van der Waals surface area contributed by atoms with Crippen molar-refractivity contribution in [2.45, 2.75) is 239 Å². The van der Waals surface area contributed by atoms with Crippen molar-refractivity contribution in [2.75, 3.05) is 13.2 Å². The predicted octanol–water partition coefficient (Wildman–Crippen LogP) is 20.1. The average Bonchev–Trinajstić information content (AvgIpc) is 3.40. The van der Waals surface area contributed by atoms with Gasteiger partial charge in [0.05, 0.1) is 0 Å². The number of hydrogen-bond donors (Lipinski definition) is 0. The van der Waals surface area contributed by atoms with Crippen LogP contribution in [-0.4, -0.2) is 37.2 Å². The van der Waals surface area contributed by atoms with Gasteiger partial charge in [-0.3, -0.25) is 14.4 Å². The highest BCUT2D eigenvalue weighted by Crippen LogP contribution is 2.15. The average molecular weight is 1020 g/mol. The molecule has 0 radical (unpaired) electrons. The zero-order valence-corrected chi connectivity index (χ0v) is 47.3. The van der Waals surface area contributed by atoms with Crippen LogP contribution in [0.2, 0.25) is 0 Å². The van der Waals surface area contributed by atoms with Gasteiger partial charge in [-0.25, -0.2) is 0 Å². The van der Waals surface area contributed by atoms with Crippen molar-refractivity contribution >= 4 is 17.9 Å². The summed E-state index contributed by atoms with van der Waals surface area (Å²) in [5.74, 6) is -1.06. The van der Waals surface area contributed by atoms with Gasteiger partial charge >= 0.3 is 17.9 Å². The van der Waals surface area contributed by atoms with E-state index in [2.05, 4.69) is 93.7 Å². The first-order chi connectivity index (χ1) is 36.5. The summed E-state index contributed by atoms with van der Waals surface area (Å²) in [5, 5.41) is 0. The predicted molar refractivity (Wildman–Crippen MR) is 320 cm³/mol. The second-order valence-corrected chi connectivity index (χ2v) is 19.0. The minimum Gasteiger partial charge on any atom is -0.462 e. The van der Waals surface area contributed by atoms with E-state index in [1.807, 2.05) is 85.1 Å². The quantitative estimate of drug-likeness (QED) is 0.0199. The van der Waals surface area contributed by atoms with E-state index < -0.39 is 12.1 Å². The van der Waals surface area contributed by atoms with Crippen LogP contribution in [0.15, 0.2) is 158 Å². The van der Waals surface area contributed by atoms with Crippen LogP contribution in [-0.2, 0) is 28.6 Å². The molecule has 0 aliphatic heterocycles. The van der Waals surface area contributed by atoms with Gasteiger partial charge in [-0.15, -0.1) is 0 Å². The number of ether oxygens (including phenoxy) is 3. The van der Waals surface area contributed by atoms with E-state index >= 15 is 0 Å². The molecule has 0 saturated heterocycles. The molecule has 0 aromatic rings. The first-order valence-electron chi connectivity index (χ1n) is 29.6. The van der Waals surface area contributed by atoms with Gasteiger partial charge in [-0.05, 0) is 77.0 Å². The number of rotatable bonds is 51. The van der Waals surface area contributed by atoms with E-state index in [4.69, 9.17) is 14.2 Å². The molecular formula is C68H106O6.